The standard InChI is InChI=1S/C17H14N2O6/c1-2-24-17(23)18-11-8-13(21)12(20)7-10(11)16-19-15(22)9-5-3-4-6-14(9)25-16/h3-8,20-21H,2H2,1H3,(H,18,23). The van der Waals surface area contributed by atoms with Crippen LogP contribution in [0, 0.1) is 0 Å². The minimum atomic E-state index is -0.767. The fraction of sp³-hybridized carbons (Fsp3) is 0.118. The molecule has 0 saturated carbocycles. The lowest BCUT2D eigenvalue weighted by molar-refractivity contribution is 0.168. The van der Waals surface area contributed by atoms with E-state index in [9.17, 15) is 19.8 Å². The maximum Gasteiger partial charge on any atom is 0.411 e. The van der Waals surface area contributed by atoms with Gasteiger partial charge in [-0.2, -0.15) is 4.98 Å². The lowest BCUT2D eigenvalue weighted by atomic mass is 10.1. The quantitative estimate of drug-likeness (QED) is 0.494. The van der Waals surface area contributed by atoms with Crippen molar-refractivity contribution in [1.29, 1.82) is 0 Å². The second-order valence-corrected chi connectivity index (χ2v) is 5.05. The highest BCUT2D eigenvalue weighted by atomic mass is 16.5. The molecule has 0 aliphatic carbocycles. The van der Waals surface area contributed by atoms with Crippen LogP contribution in [0.15, 0.2) is 45.6 Å². The smallest absolute Gasteiger partial charge is 0.411 e. The molecule has 0 saturated heterocycles. The number of phenols is 2. The third-order valence-electron chi connectivity index (χ3n) is 3.38. The molecule has 0 atom stereocenters. The zero-order valence-electron chi connectivity index (χ0n) is 13.1. The van der Waals surface area contributed by atoms with Crippen LogP contribution in [0.25, 0.3) is 22.4 Å². The molecule has 0 spiro atoms. The number of anilines is 1. The molecular weight excluding hydrogens is 328 g/mol. The van der Waals surface area contributed by atoms with Crippen LogP contribution < -0.4 is 10.9 Å². The maximum absolute atomic E-state index is 12.2. The van der Waals surface area contributed by atoms with Gasteiger partial charge in [0.25, 0.3) is 5.56 Å². The number of hydrogen-bond acceptors (Lipinski definition) is 7. The molecule has 1 heterocycles. The number of benzene rings is 2. The Labute approximate surface area is 141 Å². The molecule has 3 rings (SSSR count). The van der Waals surface area contributed by atoms with Crippen molar-refractivity contribution in [3.8, 4) is 23.0 Å². The van der Waals surface area contributed by atoms with Crippen LogP contribution in [-0.4, -0.2) is 27.9 Å². The van der Waals surface area contributed by atoms with Crippen molar-refractivity contribution >= 4 is 22.7 Å². The first-order valence-corrected chi connectivity index (χ1v) is 7.39. The number of fused-ring (bicyclic) bond motifs is 1. The zero-order chi connectivity index (χ0) is 18.0. The van der Waals surface area contributed by atoms with Gasteiger partial charge in [0.15, 0.2) is 11.5 Å². The van der Waals surface area contributed by atoms with E-state index in [2.05, 4.69) is 10.3 Å². The molecule has 8 heteroatoms. The summed E-state index contributed by atoms with van der Waals surface area (Å²) in [6.07, 6.45) is -0.767. The number of amides is 1. The van der Waals surface area contributed by atoms with Gasteiger partial charge >= 0.3 is 6.09 Å². The van der Waals surface area contributed by atoms with Crippen molar-refractivity contribution in [2.24, 2.45) is 0 Å². The Bertz CT molecular complexity index is 1010. The summed E-state index contributed by atoms with van der Waals surface area (Å²) in [7, 11) is 0. The molecule has 0 radical (unpaired) electrons. The molecule has 0 aliphatic heterocycles. The number of carbonyl (C=O) groups excluding carboxylic acids is 1. The van der Waals surface area contributed by atoms with Crippen LogP contribution in [0.3, 0.4) is 0 Å². The molecule has 0 unspecified atom stereocenters. The van der Waals surface area contributed by atoms with E-state index in [0.29, 0.717) is 11.0 Å². The Morgan fingerprint density at radius 3 is 2.72 bits per heavy atom. The number of nitrogens with zero attached hydrogens (tertiary/aromatic N) is 1. The zero-order valence-corrected chi connectivity index (χ0v) is 13.1. The summed E-state index contributed by atoms with van der Waals surface area (Å²) >= 11 is 0. The number of phenolic OH excluding ortho intramolecular Hbond substituents is 2. The van der Waals surface area contributed by atoms with E-state index < -0.39 is 23.2 Å². The minimum absolute atomic E-state index is 0.0691. The Hall–Kier alpha value is -3.55. The first-order valence-electron chi connectivity index (χ1n) is 7.39. The van der Waals surface area contributed by atoms with Crippen LogP contribution in [0.5, 0.6) is 11.5 Å². The molecule has 0 fully saturated rings. The molecule has 1 aromatic heterocycles. The molecule has 2 aromatic carbocycles. The van der Waals surface area contributed by atoms with E-state index in [0.717, 1.165) is 12.1 Å². The second-order valence-electron chi connectivity index (χ2n) is 5.05. The highest BCUT2D eigenvalue weighted by Gasteiger charge is 2.18. The number of aromatic nitrogens is 1. The number of hydrogen-bond donors (Lipinski definition) is 3. The molecule has 1 amide bonds. The lowest BCUT2D eigenvalue weighted by Gasteiger charge is -2.11. The van der Waals surface area contributed by atoms with Gasteiger partial charge in [0.1, 0.15) is 5.58 Å². The largest absolute Gasteiger partial charge is 0.504 e. The summed E-state index contributed by atoms with van der Waals surface area (Å²) in [5.74, 6) is -1.04. The van der Waals surface area contributed by atoms with Crippen LogP contribution in [0.4, 0.5) is 10.5 Å². The summed E-state index contributed by atoms with van der Waals surface area (Å²) in [4.78, 5) is 27.7. The Morgan fingerprint density at radius 1 is 1.24 bits per heavy atom. The molecule has 8 nitrogen and oxygen atoms in total. The SMILES string of the molecule is CCOC(=O)Nc1cc(O)c(O)cc1-c1nc(=O)c2ccccc2o1. The van der Waals surface area contributed by atoms with E-state index in [4.69, 9.17) is 9.15 Å². The Balaban J connectivity index is 2.17. The van der Waals surface area contributed by atoms with Crippen molar-refractivity contribution in [1.82, 2.24) is 4.98 Å². The topological polar surface area (TPSA) is 122 Å². The van der Waals surface area contributed by atoms with Crippen LogP contribution in [-0.2, 0) is 4.74 Å². The fourth-order valence-electron chi connectivity index (χ4n) is 2.26. The van der Waals surface area contributed by atoms with Gasteiger partial charge in [-0.15, -0.1) is 0 Å². The first kappa shape index (κ1) is 16.3. The second kappa shape index (κ2) is 6.52. The van der Waals surface area contributed by atoms with Gasteiger partial charge < -0.3 is 19.4 Å². The fourth-order valence-corrected chi connectivity index (χ4v) is 2.26. The molecule has 3 N–H and O–H groups in total. The number of rotatable bonds is 3. The van der Waals surface area contributed by atoms with Gasteiger partial charge in [-0.3, -0.25) is 10.1 Å². The average molecular weight is 342 g/mol. The van der Waals surface area contributed by atoms with Crippen molar-refractivity contribution in [3.63, 3.8) is 0 Å². The Morgan fingerprint density at radius 2 is 1.96 bits per heavy atom. The number of carbonyl (C=O) groups is 1. The Kier molecular flexibility index (Phi) is 4.25. The van der Waals surface area contributed by atoms with Gasteiger partial charge in [-0.1, -0.05) is 12.1 Å². The number of ether oxygens (including phenoxy) is 1. The summed E-state index contributed by atoms with van der Waals surface area (Å²) in [5, 5.41) is 22.2. The lowest BCUT2D eigenvalue weighted by Crippen LogP contribution is -2.14. The summed E-state index contributed by atoms with van der Waals surface area (Å²) < 4.78 is 10.4. The van der Waals surface area contributed by atoms with Crippen LogP contribution in [0.1, 0.15) is 6.92 Å². The molecule has 25 heavy (non-hydrogen) atoms. The predicted octanol–water partition coefficient (Wildman–Crippen LogP) is 2.83. The normalized spacial score (nSPS) is 10.6. The van der Waals surface area contributed by atoms with Crippen LogP contribution in [0.2, 0.25) is 0 Å². The third-order valence-corrected chi connectivity index (χ3v) is 3.38. The third kappa shape index (κ3) is 3.23. The van der Waals surface area contributed by atoms with Crippen molar-refractivity contribution in [3.05, 3.63) is 46.8 Å². The summed E-state index contributed by atoms with van der Waals surface area (Å²) in [6.45, 7) is 1.78. The van der Waals surface area contributed by atoms with Gasteiger partial charge in [-0.05, 0) is 25.1 Å². The minimum Gasteiger partial charge on any atom is -0.504 e. The number of nitrogens with one attached hydrogen (secondary N) is 1. The van der Waals surface area contributed by atoms with E-state index in [1.54, 1.807) is 31.2 Å². The maximum atomic E-state index is 12.2. The number of para-hydroxylation sites is 1. The van der Waals surface area contributed by atoms with E-state index in [-0.39, 0.29) is 23.7 Å². The summed E-state index contributed by atoms with van der Waals surface area (Å²) in [6, 6.07) is 8.79. The van der Waals surface area contributed by atoms with Crippen molar-refractivity contribution in [2.75, 3.05) is 11.9 Å². The van der Waals surface area contributed by atoms with Gasteiger partial charge in [-0.25, -0.2) is 4.79 Å². The average Bonchev–Trinajstić information content (AvgIpc) is 2.58. The number of aromatic hydroxyl groups is 2. The van der Waals surface area contributed by atoms with Crippen molar-refractivity contribution < 1.29 is 24.2 Å². The summed E-state index contributed by atoms with van der Waals surface area (Å²) in [5.41, 5.74) is -0.0375. The van der Waals surface area contributed by atoms with Gasteiger partial charge in [0.05, 0.1) is 23.2 Å². The first-order chi connectivity index (χ1) is 12.0. The van der Waals surface area contributed by atoms with E-state index in [1.165, 1.54) is 0 Å². The highest BCUT2D eigenvalue weighted by molar-refractivity contribution is 5.91. The van der Waals surface area contributed by atoms with Gasteiger partial charge in [0.2, 0.25) is 5.89 Å². The molecule has 128 valence electrons. The molecule has 0 aliphatic rings. The molecule has 0 bridgehead atoms. The highest BCUT2D eigenvalue weighted by Crippen LogP contribution is 2.37. The van der Waals surface area contributed by atoms with Crippen LogP contribution >= 0.6 is 0 Å². The van der Waals surface area contributed by atoms with Gasteiger partial charge in [0, 0.05) is 6.07 Å². The molecular formula is C17H14N2O6. The van der Waals surface area contributed by atoms with E-state index >= 15 is 0 Å². The molecule has 3 aromatic rings. The monoisotopic (exact) mass is 342 g/mol. The van der Waals surface area contributed by atoms with E-state index in [1.807, 2.05) is 0 Å². The van der Waals surface area contributed by atoms with Crippen molar-refractivity contribution in [2.45, 2.75) is 6.92 Å². The predicted molar refractivity (Wildman–Crippen MR) is 89.7 cm³/mol.